The van der Waals surface area contributed by atoms with Crippen molar-refractivity contribution in [2.45, 2.75) is 30.7 Å². The predicted molar refractivity (Wildman–Crippen MR) is 81.2 cm³/mol. The zero-order valence-electron chi connectivity index (χ0n) is 12.2. The van der Waals surface area contributed by atoms with Crippen LogP contribution >= 0.6 is 0 Å². The van der Waals surface area contributed by atoms with E-state index in [1.165, 1.54) is 22.5 Å². The van der Waals surface area contributed by atoms with Crippen LogP contribution in [0.4, 0.5) is 4.39 Å². The average molecular weight is 320 g/mol. The Bertz CT molecular complexity index is 778. The van der Waals surface area contributed by atoms with E-state index in [1.807, 2.05) is 12.1 Å². The normalized spacial score (nSPS) is 19.5. The summed E-state index contributed by atoms with van der Waals surface area (Å²) in [4.78, 5) is 4.45. The molecular formula is C16H17FN2O2S. The Balaban J connectivity index is 2.01. The fourth-order valence-electron chi connectivity index (χ4n) is 2.93. The summed E-state index contributed by atoms with van der Waals surface area (Å²) < 4.78 is 40.6. The van der Waals surface area contributed by atoms with Gasteiger partial charge in [0, 0.05) is 12.7 Å². The number of aryl methyl sites for hydroxylation is 1. The molecule has 1 unspecified atom stereocenters. The minimum absolute atomic E-state index is 0.164. The lowest BCUT2D eigenvalue weighted by Gasteiger charge is -2.24. The summed E-state index contributed by atoms with van der Waals surface area (Å²) in [6, 6.07) is 9.03. The summed E-state index contributed by atoms with van der Waals surface area (Å²) in [5.74, 6) is -0.431. The van der Waals surface area contributed by atoms with E-state index in [2.05, 4.69) is 4.98 Å². The molecule has 1 aromatic heterocycles. The van der Waals surface area contributed by atoms with Gasteiger partial charge < -0.3 is 0 Å². The Kier molecular flexibility index (Phi) is 3.97. The molecule has 6 heteroatoms. The van der Waals surface area contributed by atoms with Gasteiger partial charge in [-0.25, -0.2) is 12.8 Å². The zero-order chi connectivity index (χ0) is 15.7. The van der Waals surface area contributed by atoms with Gasteiger partial charge in [-0.15, -0.1) is 0 Å². The second-order valence-corrected chi connectivity index (χ2v) is 7.30. The Morgan fingerprint density at radius 2 is 2.09 bits per heavy atom. The molecule has 1 fully saturated rings. The van der Waals surface area contributed by atoms with Gasteiger partial charge in [0.25, 0.3) is 0 Å². The Morgan fingerprint density at radius 3 is 2.77 bits per heavy atom. The van der Waals surface area contributed by atoms with E-state index in [0.29, 0.717) is 12.1 Å². The zero-order valence-corrected chi connectivity index (χ0v) is 13.1. The highest BCUT2D eigenvalue weighted by molar-refractivity contribution is 7.89. The highest BCUT2D eigenvalue weighted by atomic mass is 32.2. The van der Waals surface area contributed by atoms with E-state index in [-0.39, 0.29) is 10.9 Å². The third kappa shape index (κ3) is 2.64. The molecule has 3 rings (SSSR count). The van der Waals surface area contributed by atoms with Gasteiger partial charge in [-0.2, -0.15) is 4.31 Å². The Morgan fingerprint density at radius 1 is 1.27 bits per heavy atom. The second-order valence-electron chi connectivity index (χ2n) is 5.44. The van der Waals surface area contributed by atoms with Gasteiger partial charge in [-0.1, -0.05) is 6.07 Å². The van der Waals surface area contributed by atoms with Gasteiger partial charge in [-0.05, 0) is 55.7 Å². The number of nitrogens with zero attached hydrogens (tertiary/aromatic N) is 2. The van der Waals surface area contributed by atoms with Crippen LogP contribution in [0.2, 0.25) is 0 Å². The highest BCUT2D eigenvalue weighted by Crippen LogP contribution is 2.36. The molecule has 0 radical (unpaired) electrons. The van der Waals surface area contributed by atoms with Gasteiger partial charge in [0.1, 0.15) is 5.82 Å². The molecule has 0 aliphatic carbocycles. The van der Waals surface area contributed by atoms with Crippen molar-refractivity contribution in [1.29, 1.82) is 0 Å². The van der Waals surface area contributed by atoms with Crippen molar-refractivity contribution >= 4 is 10.0 Å². The molecule has 4 nitrogen and oxygen atoms in total. The monoisotopic (exact) mass is 320 g/mol. The molecule has 0 saturated carbocycles. The van der Waals surface area contributed by atoms with Gasteiger partial charge >= 0.3 is 0 Å². The topological polar surface area (TPSA) is 50.3 Å². The van der Waals surface area contributed by atoms with Crippen LogP contribution < -0.4 is 0 Å². The number of rotatable bonds is 3. The number of hydrogen-bond acceptors (Lipinski definition) is 3. The number of benzene rings is 1. The number of halogens is 1. The molecule has 1 aromatic carbocycles. The molecular weight excluding hydrogens is 303 g/mol. The SMILES string of the molecule is Cc1cc(F)ccc1S(=O)(=O)N1CCCC1c1ccccn1. The molecule has 1 aliphatic rings. The lowest BCUT2D eigenvalue weighted by Crippen LogP contribution is -2.31. The van der Waals surface area contributed by atoms with E-state index in [0.717, 1.165) is 18.5 Å². The summed E-state index contributed by atoms with van der Waals surface area (Å²) in [6.45, 7) is 2.07. The van der Waals surface area contributed by atoms with Crippen molar-refractivity contribution in [3.8, 4) is 0 Å². The average Bonchev–Trinajstić information content (AvgIpc) is 2.98. The predicted octanol–water partition coefficient (Wildman–Crippen LogP) is 3.05. The molecule has 22 heavy (non-hydrogen) atoms. The van der Waals surface area contributed by atoms with Crippen LogP contribution in [0.15, 0.2) is 47.5 Å². The first kappa shape index (κ1) is 15.1. The summed E-state index contributed by atoms with van der Waals surface area (Å²) in [7, 11) is -3.66. The van der Waals surface area contributed by atoms with E-state index in [4.69, 9.17) is 0 Å². The third-order valence-corrected chi connectivity index (χ3v) is 6.02. The quantitative estimate of drug-likeness (QED) is 0.873. The first-order chi connectivity index (χ1) is 10.5. The third-order valence-electron chi connectivity index (χ3n) is 3.96. The minimum atomic E-state index is -3.66. The summed E-state index contributed by atoms with van der Waals surface area (Å²) in [6.07, 6.45) is 3.21. The molecule has 2 aromatic rings. The maximum absolute atomic E-state index is 13.2. The molecule has 116 valence electrons. The van der Waals surface area contributed by atoms with Crippen LogP contribution in [0.5, 0.6) is 0 Å². The lowest BCUT2D eigenvalue weighted by molar-refractivity contribution is 0.390. The van der Waals surface area contributed by atoms with Gasteiger partial charge in [-0.3, -0.25) is 4.98 Å². The molecule has 1 aliphatic heterocycles. The number of aromatic nitrogens is 1. The van der Waals surface area contributed by atoms with Crippen LogP contribution in [0, 0.1) is 12.7 Å². The standard InChI is InChI=1S/C16H17FN2O2S/c1-12-11-13(17)7-8-16(12)22(20,21)19-10-4-6-15(19)14-5-2-3-9-18-14/h2-3,5,7-9,11,15H,4,6,10H2,1H3. The van der Waals surface area contributed by atoms with E-state index >= 15 is 0 Å². The molecule has 0 bridgehead atoms. The van der Waals surface area contributed by atoms with Crippen molar-refractivity contribution in [2.75, 3.05) is 6.54 Å². The minimum Gasteiger partial charge on any atom is -0.260 e. The summed E-state index contributed by atoms with van der Waals surface area (Å²) in [5, 5.41) is 0. The van der Waals surface area contributed by atoms with Crippen molar-refractivity contribution in [2.24, 2.45) is 0 Å². The van der Waals surface area contributed by atoms with E-state index in [1.54, 1.807) is 19.2 Å². The highest BCUT2D eigenvalue weighted by Gasteiger charge is 2.37. The molecule has 2 heterocycles. The number of sulfonamides is 1. The smallest absolute Gasteiger partial charge is 0.243 e. The van der Waals surface area contributed by atoms with Gasteiger partial charge in [0.05, 0.1) is 16.6 Å². The van der Waals surface area contributed by atoms with Crippen LogP contribution in [0.1, 0.15) is 30.1 Å². The number of pyridine rings is 1. The summed E-state index contributed by atoms with van der Waals surface area (Å²) in [5.41, 5.74) is 1.18. The van der Waals surface area contributed by atoms with E-state index < -0.39 is 15.8 Å². The van der Waals surface area contributed by atoms with Gasteiger partial charge in [0.2, 0.25) is 10.0 Å². The first-order valence-electron chi connectivity index (χ1n) is 7.19. The van der Waals surface area contributed by atoms with Crippen molar-refractivity contribution in [3.05, 3.63) is 59.7 Å². The van der Waals surface area contributed by atoms with Crippen molar-refractivity contribution < 1.29 is 12.8 Å². The van der Waals surface area contributed by atoms with Crippen LogP contribution in [-0.4, -0.2) is 24.3 Å². The molecule has 1 saturated heterocycles. The van der Waals surface area contributed by atoms with Crippen molar-refractivity contribution in [3.63, 3.8) is 0 Å². The van der Waals surface area contributed by atoms with E-state index in [9.17, 15) is 12.8 Å². The second kappa shape index (κ2) is 5.78. The van der Waals surface area contributed by atoms with Crippen LogP contribution in [0.25, 0.3) is 0 Å². The fourth-order valence-corrected chi connectivity index (χ4v) is 4.80. The Labute approximate surface area is 129 Å². The lowest BCUT2D eigenvalue weighted by atomic mass is 10.1. The fraction of sp³-hybridized carbons (Fsp3) is 0.312. The van der Waals surface area contributed by atoms with Crippen LogP contribution in [0.3, 0.4) is 0 Å². The maximum atomic E-state index is 13.2. The first-order valence-corrected chi connectivity index (χ1v) is 8.63. The van der Waals surface area contributed by atoms with Crippen molar-refractivity contribution in [1.82, 2.24) is 9.29 Å². The van der Waals surface area contributed by atoms with Gasteiger partial charge in [0.15, 0.2) is 0 Å². The molecule has 1 atom stereocenters. The molecule has 0 amide bonds. The summed E-state index contributed by atoms with van der Waals surface area (Å²) >= 11 is 0. The number of hydrogen-bond donors (Lipinski definition) is 0. The Hall–Kier alpha value is -1.79. The maximum Gasteiger partial charge on any atom is 0.243 e. The molecule has 0 spiro atoms. The van der Waals surface area contributed by atoms with Crippen LogP contribution in [-0.2, 0) is 10.0 Å². The molecule has 0 N–H and O–H groups in total. The largest absolute Gasteiger partial charge is 0.260 e.